The first-order valence-electron chi connectivity index (χ1n) is 11.3. The molecule has 2 heterocycles. The number of ether oxygens (including phenoxy) is 1. The smallest absolute Gasteiger partial charge is 0.335 e. The van der Waals surface area contributed by atoms with Crippen molar-refractivity contribution in [3.05, 3.63) is 11.1 Å². The maximum atomic E-state index is 13.1. The molecular weight excluding hydrogens is 418 g/mol. The average Bonchev–Trinajstić information content (AvgIpc) is 2.90. The van der Waals surface area contributed by atoms with E-state index in [4.69, 9.17) is 4.74 Å². The van der Waals surface area contributed by atoms with E-state index in [-0.39, 0.29) is 24.7 Å². The first-order valence-corrected chi connectivity index (χ1v) is 13.0. The van der Waals surface area contributed by atoms with Crippen LogP contribution in [0.2, 0.25) is 0 Å². The summed E-state index contributed by atoms with van der Waals surface area (Å²) in [7, 11) is -3.31. The number of rotatable bonds is 10. The summed E-state index contributed by atoms with van der Waals surface area (Å²) < 4.78 is 31.4. The molecule has 0 aromatic carbocycles. The maximum Gasteiger partial charge on any atom is 0.335 e. The molecule has 1 amide bonds. The minimum Gasteiger partial charge on any atom is -0.450 e. The van der Waals surface area contributed by atoms with Gasteiger partial charge in [0.25, 0.3) is 5.91 Å². The number of carbonyl (C=O) groups excluding carboxylic acids is 2. The van der Waals surface area contributed by atoms with Crippen molar-refractivity contribution in [2.45, 2.75) is 60.0 Å². The van der Waals surface area contributed by atoms with E-state index in [1.54, 1.807) is 13.8 Å². The third-order valence-corrected chi connectivity index (χ3v) is 7.78. The topological polar surface area (TPSA) is 96.0 Å². The van der Waals surface area contributed by atoms with E-state index in [2.05, 4.69) is 37.9 Å². The Labute approximate surface area is 187 Å². The van der Waals surface area contributed by atoms with Gasteiger partial charge in [0.1, 0.15) is 5.60 Å². The molecule has 0 aliphatic carbocycles. The predicted molar refractivity (Wildman–Crippen MR) is 121 cm³/mol. The van der Waals surface area contributed by atoms with Crippen LogP contribution < -0.4 is 5.32 Å². The fourth-order valence-electron chi connectivity index (χ4n) is 4.49. The minimum atomic E-state index is -3.31. The summed E-state index contributed by atoms with van der Waals surface area (Å²) in [6.45, 7) is 15.6. The molecule has 8 nitrogen and oxygen atoms in total. The van der Waals surface area contributed by atoms with Gasteiger partial charge in [-0.25, -0.2) is 17.5 Å². The van der Waals surface area contributed by atoms with Crippen LogP contribution in [0.1, 0.15) is 54.4 Å². The van der Waals surface area contributed by atoms with Gasteiger partial charge in [0.15, 0.2) is 0 Å². The molecule has 0 radical (unpaired) electrons. The maximum absolute atomic E-state index is 13.1. The second-order valence-electron chi connectivity index (χ2n) is 9.49. The summed E-state index contributed by atoms with van der Waals surface area (Å²) in [4.78, 5) is 27.7. The molecule has 0 saturated carbocycles. The number of carbonyl (C=O) groups is 2. The van der Waals surface area contributed by atoms with Gasteiger partial charge >= 0.3 is 5.97 Å². The Morgan fingerprint density at radius 1 is 1.16 bits per heavy atom. The van der Waals surface area contributed by atoms with Crippen molar-refractivity contribution >= 4 is 21.9 Å². The Bertz CT molecular complexity index is 786. The molecule has 31 heavy (non-hydrogen) atoms. The highest BCUT2D eigenvalue weighted by molar-refractivity contribution is 7.89. The van der Waals surface area contributed by atoms with Gasteiger partial charge in [0.05, 0.1) is 11.3 Å². The van der Waals surface area contributed by atoms with Crippen molar-refractivity contribution in [2.75, 3.05) is 45.0 Å². The molecule has 0 atom stereocenters. The predicted octanol–water partition coefficient (Wildman–Crippen LogP) is 1.77. The highest BCUT2D eigenvalue weighted by Gasteiger charge is 2.51. The number of hydrogen-bond acceptors (Lipinski definition) is 6. The van der Waals surface area contributed by atoms with Gasteiger partial charge < -0.3 is 15.0 Å². The highest BCUT2D eigenvalue weighted by atomic mass is 32.2. The highest BCUT2D eigenvalue weighted by Crippen LogP contribution is 2.41. The quantitative estimate of drug-likeness (QED) is 0.503. The van der Waals surface area contributed by atoms with Crippen LogP contribution in [0.15, 0.2) is 11.1 Å². The number of sulfonamides is 1. The fourth-order valence-corrected chi connectivity index (χ4v) is 5.60. The Hall–Kier alpha value is -1.45. The lowest BCUT2D eigenvalue weighted by atomic mass is 9.83. The van der Waals surface area contributed by atoms with Crippen molar-refractivity contribution in [3.63, 3.8) is 0 Å². The van der Waals surface area contributed by atoms with Gasteiger partial charge in [0, 0.05) is 57.7 Å². The van der Waals surface area contributed by atoms with Crippen molar-refractivity contribution in [2.24, 2.45) is 11.8 Å². The lowest BCUT2D eigenvalue weighted by molar-refractivity contribution is -0.150. The van der Waals surface area contributed by atoms with Crippen LogP contribution in [0.4, 0.5) is 0 Å². The van der Waals surface area contributed by atoms with Gasteiger partial charge in [-0.1, -0.05) is 27.7 Å². The van der Waals surface area contributed by atoms with Crippen molar-refractivity contribution in [1.82, 2.24) is 14.5 Å². The number of esters is 1. The van der Waals surface area contributed by atoms with E-state index in [0.717, 1.165) is 19.6 Å². The van der Waals surface area contributed by atoms with Crippen LogP contribution in [-0.2, 0) is 24.3 Å². The standard InChI is InChI=1S/C22H39N3O5S/c1-7-31(28,29)25-11-8-22(9-12-25)19(18(6)21(27)30-22)20(26)23-10-13-24(14-16(2)3)15-17(4)5/h16-17H,7-15H2,1-6H3,(H,23,26). The number of nitrogens with one attached hydrogen (secondary N) is 1. The van der Waals surface area contributed by atoms with Gasteiger partial charge in [-0.3, -0.25) is 4.79 Å². The molecule has 0 unspecified atom stereocenters. The van der Waals surface area contributed by atoms with E-state index >= 15 is 0 Å². The molecule has 2 rings (SSSR count). The number of nitrogens with zero attached hydrogens (tertiary/aromatic N) is 2. The molecule has 1 fully saturated rings. The monoisotopic (exact) mass is 457 g/mol. The first kappa shape index (κ1) is 25.8. The molecule has 0 aromatic rings. The number of amides is 1. The van der Waals surface area contributed by atoms with Crippen LogP contribution in [-0.4, -0.2) is 80.1 Å². The number of hydrogen-bond donors (Lipinski definition) is 1. The van der Waals surface area contributed by atoms with Gasteiger partial charge in [-0.15, -0.1) is 0 Å². The molecular formula is C22H39N3O5S. The lowest BCUT2D eigenvalue weighted by Gasteiger charge is -2.38. The minimum absolute atomic E-state index is 0.0330. The van der Waals surface area contributed by atoms with Crippen molar-refractivity contribution in [3.8, 4) is 0 Å². The fraction of sp³-hybridized carbons (Fsp3) is 0.818. The molecule has 2 aliphatic rings. The number of piperidine rings is 1. The zero-order valence-electron chi connectivity index (χ0n) is 19.9. The Kier molecular flexibility index (Phi) is 8.69. The van der Waals surface area contributed by atoms with E-state index in [9.17, 15) is 18.0 Å². The van der Waals surface area contributed by atoms with Gasteiger partial charge in [-0.05, 0) is 25.7 Å². The van der Waals surface area contributed by atoms with E-state index in [1.807, 2.05) is 0 Å². The molecule has 1 N–H and O–H groups in total. The van der Waals surface area contributed by atoms with Crippen molar-refractivity contribution < 1.29 is 22.7 Å². The second kappa shape index (κ2) is 10.4. The van der Waals surface area contributed by atoms with Crippen LogP contribution >= 0.6 is 0 Å². The third-order valence-electron chi connectivity index (χ3n) is 5.90. The van der Waals surface area contributed by atoms with Crippen LogP contribution in [0.3, 0.4) is 0 Å². The molecule has 178 valence electrons. The summed E-state index contributed by atoms with van der Waals surface area (Å²) in [6, 6.07) is 0. The molecule has 1 saturated heterocycles. The second-order valence-corrected chi connectivity index (χ2v) is 11.7. The molecule has 1 spiro atoms. The molecule has 0 bridgehead atoms. The van der Waals surface area contributed by atoms with Gasteiger partial charge in [0.2, 0.25) is 10.0 Å². The Balaban J connectivity index is 2.05. The summed E-state index contributed by atoms with van der Waals surface area (Å²) in [5.41, 5.74) is -0.337. The third kappa shape index (κ3) is 6.29. The van der Waals surface area contributed by atoms with E-state index in [1.165, 1.54) is 4.31 Å². The normalized spacial score (nSPS) is 19.7. The zero-order valence-corrected chi connectivity index (χ0v) is 20.7. The average molecular weight is 458 g/mol. The van der Waals surface area contributed by atoms with E-state index in [0.29, 0.717) is 42.4 Å². The molecule has 2 aliphatic heterocycles. The Morgan fingerprint density at radius 2 is 1.71 bits per heavy atom. The van der Waals surface area contributed by atoms with Crippen molar-refractivity contribution in [1.29, 1.82) is 0 Å². The summed E-state index contributed by atoms with van der Waals surface area (Å²) in [5, 5.41) is 2.97. The SMILES string of the molecule is CCS(=O)(=O)N1CCC2(CC1)OC(=O)C(C)=C2C(=O)NCCN(CC(C)C)CC(C)C. The lowest BCUT2D eigenvalue weighted by Crippen LogP contribution is -2.50. The summed E-state index contributed by atoms with van der Waals surface area (Å²) in [5.74, 6) is 0.328. The first-order chi connectivity index (χ1) is 14.4. The largest absolute Gasteiger partial charge is 0.450 e. The summed E-state index contributed by atoms with van der Waals surface area (Å²) in [6.07, 6.45) is 0.593. The Morgan fingerprint density at radius 3 is 2.19 bits per heavy atom. The summed E-state index contributed by atoms with van der Waals surface area (Å²) >= 11 is 0. The van der Waals surface area contributed by atoms with Gasteiger partial charge in [-0.2, -0.15) is 0 Å². The molecule has 9 heteroatoms. The van der Waals surface area contributed by atoms with Crippen LogP contribution in [0, 0.1) is 11.8 Å². The van der Waals surface area contributed by atoms with Crippen LogP contribution in [0.25, 0.3) is 0 Å². The molecule has 0 aromatic heterocycles. The zero-order chi connectivity index (χ0) is 23.4. The van der Waals surface area contributed by atoms with E-state index < -0.39 is 21.6 Å². The van der Waals surface area contributed by atoms with Crippen LogP contribution in [0.5, 0.6) is 0 Å².